The summed E-state index contributed by atoms with van der Waals surface area (Å²) < 4.78 is 38.8. The fraction of sp³-hybridized carbons (Fsp3) is 0.208. The van der Waals surface area contributed by atoms with Crippen molar-refractivity contribution in [2.75, 3.05) is 13.2 Å². The largest absolute Gasteiger partial charge is 0.493 e. The van der Waals surface area contributed by atoms with E-state index in [1.165, 1.54) is 18.2 Å². The van der Waals surface area contributed by atoms with Crippen LogP contribution in [0, 0.1) is 11.6 Å². The molecule has 1 heterocycles. The Bertz CT molecular complexity index is 1270. The molecule has 0 aliphatic carbocycles. The van der Waals surface area contributed by atoms with Gasteiger partial charge in [0.25, 0.3) is 0 Å². The monoisotopic (exact) mass is 487 g/mol. The van der Waals surface area contributed by atoms with Crippen molar-refractivity contribution in [3.8, 4) is 5.75 Å². The fourth-order valence-corrected chi connectivity index (χ4v) is 4.12. The highest BCUT2D eigenvalue weighted by Crippen LogP contribution is 2.32. The van der Waals surface area contributed by atoms with E-state index in [9.17, 15) is 13.6 Å². The van der Waals surface area contributed by atoms with Gasteiger partial charge in [0.15, 0.2) is 0 Å². The number of ether oxygens (including phenoxy) is 2. The van der Waals surface area contributed by atoms with Crippen LogP contribution in [0.3, 0.4) is 0 Å². The molecule has 4 aromatic rings. The van der Waals surface area contributed by atoms with Crippen molar-refractivity contribution in [2.24, 2.45) is 0 Å². The molecule has 0 fully saturated rings. The van der Waals surface area contributed by atoms with E-state index < -0.39 is 11.8 Å². The Morgan fingerprint density at radius 2 is 1.90 bits per heavy atom. The van der Waals surface area contributed by atoms with Crippen molar-refractivity contribution in [2.45, 2.75) is 19.8 Å². The van der Waals surface area contributed by atoms with Crippen LogP contribution in [0.5, 0.6) is 5.75 Å². The summed E-state index contributed by atoms with van der Waals surface area (Å²) in [6, 6.07) is 13.1. The molecule has 0 bridgehead atoms. The number of fused-ring (bicyclic) bond motifs is 2. The van der Waals surface area contributed by atoms with E-state index in [4.69, 9.17) is 9.47 Å². The van der Waals surface area contributed by atoms with Crippen LogP contribution in [-0.2, 0) is 11.2 Å². The van der Waals surface area contributed by atoms with Crippen LogP contribution in [-0.4, -0.2) is 24.2 Å². The summed E-state index contributed by atoms with van der Waals surface area (Å²) in [7, 11) is 0. The van der Waals surface area contributed by atoms with E-state index in [0.717, 1.165) is 21.7 Å². The van der Waals surface area contributed by atoms with Crippen molar-refractivity contribution >= 4 is 43.6 Å². The first-order valence-electron chi connectivity index (χ1n) is 9.96. The second-order valence-electron chi connectivity index (χ2n) is 7.06. The van der Waals surface area contributed by atoms with Crippen molar-refractivity contribution in [3.63, 3.8) is 0 Å². The van der Waals surface area contributed by atoms with Gasteiger partial charge in [-0.1, -0.05) is 12.1 Å². The topological polar surface area (TPSA) is 51.3 Å². The van der Waals surface area contributed by atoms with Gasteiger partial charge in [-0.3, -0.25) is 0 Å². The van der Waals surface area contributed by atoms with Crippen LogP contribution in [0.15, 0.2) is 53.0 Å². The van der Waals surface area contributed by atoms with Gasteiger partial charge in [-0.2, -0.15) is 0 Å². The van der Waals surface area contributed by atoms with Crippen LogP contribution >= 0.6 is 15.9 Å². The number of benzene rings is 3. The molecule has 0 radical (unpaired) electrons. The van der Waals surface area contributed by atoms with Gasteiger partial charge in [-0.05, 0) is 83.0 Å². The average Bonchev–Trinajstić information content (AvgIpc) is 3.13. The number of nitrogens with one attached hydrogen (secondary N) is 1. The first-order chi connectivity index (χ1) is 15.0. The summed E-state index contributed by atoms with van der Waals surface area (Å²) in [6.45, 7) is 2.38. The summed E-state index contributed by atoms with van der Waals surface area (Å²) >= 11 is 3.25. The van der Waals surface area contributed by atoms with E-state index in [-0.39, 0.29) is 16.9 Å². The molecule has 1 N–H and O–H groups in total. The van der Waals surface area contributed by atoms with Crippen molar-refractivity contribution in [3.05, 3.63) is 75.9 Å². The number of H-pyrrole nitrogens is 1. The van der Waals surface area contributed by atoms with Gasteiger partial charge in [0.1, 0.15) is 23.1 Å². The summed E-state index contributed by atoms with van der Waals surface area (Å²) in [5.41, 5.74) is 1.61. The number of halogens is 3. The number of aryl methyl sites for hydroxylation is 1. The van der Waals surface area contributed by atoms with Crippen molar-refractivity contribution in [1.29, 1.82) is 0 Å². The third kappa shape index (κ3) is 4.28. The molecule has 0 amide bonds. The Morgan fingerprint density at radius 1 is 1.10 bits per heavy atom. The van der Waals surface area contributed by atoms with Gasteiger partial charge in [-0.15, -0.1) is 0 Å². The zero-order valence-corrected chi connectivity index (χ0v) is 18.4. The maximum atomic E-state index is 14.0. The molecule has 0 spiro atoms. The van der Waals surface area contributed by atoms with E-state index in [1.54, 1.807) is 19.1 Å². The zero-order valence-electron chi connectivity index (χ0n) is 16.8. The van der Waals surface area contributed by atoms with Crippen LogP contribution in [0.2, 0.25) is 0 Å². The minimum Gasteiger partial charge on any atom is -0.493 e. The second kappa shape index (κ2) is 9.06. The van der Waals surface area contributed by atoms with E-state index in [1.807, 2.05) is 18.2 Å². The Labute approximate surface area is 186 Å². The van der Waals surface area contributed by atoms with Crippen LogP contribution < -0.4 is 4.74 Å². The predicted octanol–water partition coefficient (Wildman–Crippen LogP) is 6.55. The van der Waals surface area contributed by atoms with E-state index in [0.29, 0.717) is 36.4 Å². The van der Waals surface area contributed by atoms with Gasteiger partial charge < -0.3 is 14.5 Å². The molecule has 1 aromatic heterocycles. The number of esters is 1. The molecule has 4 nitrogen and oxygen atoms in total. The third-order valence-corrected chi connectivity index (χ3v) is 5.86. The highest BCUT2D eigenvalue weighted by Gasteiger charge is 2.21. The summed E-state index contributed by atoms with van der Waals surface area (Å²) in [6.07, 6.45) is 1.15. The number of aromatic amines is 1. The SMILES string of the molecule is CCOC(=O)c1[nH]c2c(Br)c(F)ccc2c1CCCOc1cccc2cc(F)ccc12. The van der Waals surface area contributed by atoms with Gasteiger partial charge in [-0.25, -0.2) is 13.6 Å². The quantitative estimate of drug-likeness (QED) is 0.237. The van der Waals surface area contributed by atoms with Gasteiger partial charge in [0.2, 0.25) is 0 Å². The molecule has 0 unspecified atom stereocenters. The number of rotatable bonds is 7. The molecular weight excluding hydrogens is 468 g/mol. The molecule has 31 heavy (non-hydrogen) atoms. The van der Waals surface area contributed by atoms with E-state index >= 15 is 0 Å². The van der Waals surface area contributed by atoms with Crippen LogP contribution in [0.25, 0.3) is 21.7 Å². The molecule has 3 aromatic carbocycles. The number of carbonyl (C=O) groups is 1. The molecule has 4 rings (SSSR count). The Balaban J connectivity index is 1.54. The molecule has 7 heteroatoms. The van der Waals surface area contributed by atoms with Crippen molar-refractivity contribution < 1.29 is 23.0 Å². The van der Waals surface area contributed by atoms with Crippen molar-refractivity contribution in [1.82, 2.24) is 4.98 Å². The molecule has 0 atom stereocenters. The maximum absolute atomic E-state index is 14.0. The first kappa shape index (κ1) is 21.3. The number of carbonyl (C=O) groups excluding carboxylic acids is 1. The number of hydrogen-bond donors (Lipinski definition) is 1. The lowest BCUT2D eigenvalue weighted by molar-refractivity contribution is 0.0519. The van der Waals surface area contributed by atoms with E-state index in [2.05, 4.69) is 20.9 Å². The number of aromatic nitrogens is 1. The fourth-order valence-electron chi connectivity index (χ4n) is 3.68. The van der Waals surface area contributed by atoms with Gasteiger partial charge in [0, 0.05) is 10.8 Å². The standard InChI is InChI=1S/C24H20BrF2NO3/c1-2-30-24(29)23-17(18-10-11-19(27)21(25)22(18)28-23)6-4-12-31-20-7-3-5-14-13-15(26)8-9-16(14)20/h3,5,7-11,13,28H,2,4,6,12H2,1H3. The minimum atomic E-state index is -0.474. The number of hydrogen-bond acceptors (Lipinski definition) is 3. The Hall–Kier alpha value is -2.93. The highest BCUT2D eigenvalue weighted by molar-refractivity contribution is 9.10. The summed E-state index contributed by atoms with van der Waals surface area (Å²) in [5.74, 6) is -0.505. The maximum Gasteiger partial charge on any atom is 0.355 e. The Morgan fingerprint density at radius 3 is 2.71 bits per heavy atom. The molecule has 0 aliphatic heterocycles. The zero-order chi connectivity index (χ0) is 22.0. The minimum absolute atomic E-state index is 0.244. The highest BCUT2D eigenvalue weighted by atomic mass is 79.9. The third-order valence-electron chi connectivity index (χ3n) is 5.08. The smallest absolute Gasteiger partial charge is 0.355 e. The molecular formula is C24H20BrF2NO3. The summed E-state index contributed by atoms with van der Waals surface area (Å²) in [5, 5.41) is 2.37. The second-order valence-corrected chi connectivity index (χ2v) is 7.85. The summed E-state index contributed by atoms with van der Waals surface area (Å²) in [4.78, 5) is 15.4. The lowest BCUT2D eigenvalue weighted by atomic mass is 10.1. The van der Waals surface area contributed by atoms with Gasteiger partial charge in [0.05, 0.1) is 23.2 Å². The van der Waals surface area contributed by atoms with Gasteiger partial charge >= 0.3 is 5.97 Å². The first-order valence-corrected chi connectivity index (χ1v) is 10.8. The average molecular weight is 488 g/mol. The molecule has 0 aliphatic rings. The van der Waals surface area contributed by atoms with Crippen LogP contribution in [0.4, 0.5) is 8.78 Å². The molecule has 160 valence electrons. The molecule has 0 saturated carbocycles. The lowest BCUT2D eigenvalue weighted by Gasteiger charge is -2.10. The molecule has 0 saturated heterocycles. The normalized spacial score (nSPS) is 11.2. The lowest BCUT2D eigenvalue weighted by Crippen LogP contribution is -2.09. The predicted molar refractivity (Wildman–Crippen MR) is 120 cm³/mol. The van der Waals surface area contributed by atoms with Crippen LogP contribution in [0.1, 0.15) is 29.4 Å². The Kier molecular flexibility index (Phi) is 6.23.